The van der Waals surface area contributed by atoms with Crippen LogP contribution in [0.1, 0.15) is 15.9 Å². The van der Waals surface area contributed by atoms with Gasteiger partial charge in [0.15, 0.2) is 6.29 Å². The van der Waals surface area contributed by atoms with Crippen molar-refractivity contribution in [1.29, 1.82) is 0 Å². The molecule has 0 aromatic heterocycles. The molecule has 0 N–H and O–H groups in total. The molecule has 0 fully saturated rings. The van der Waals surface area contributed by atoms with Crippen LogP contribution in [-0.2, 0) is 9.53 Å². The highest BCUT2D eigenvalue weighted by Gasteiger charge is 2.00. The van der Waals surface area contributed by atoms with Gasteiger partial charge in [-0.15, -0.1) is 0 Å². The van der Waals surface area contributed by atoms with Crippen LogP contribution in [0.2, 0.25) is 5.02 Å². The quantitative estimate of drug-likeness (QED) is 0.413. The zero-order chi connectivity index (χ0) is 11.3. The van der Waals surface area contributed by atoms with E-state index in [0.717, 1.165) is 0 Å². The minimum atomic E-state index is -0.651. The molecule has 15 heavy (non-hydrogen) atoms. The summed E-state index contributed by atoms with van der Waals surface area (Å²) in [5.41, 5.74) is 0.790. The second kappa shape index (κ2) is 5.18. The van der Waals surface area contributed by atoms with Gasteiger partial charge < -0.3 is 4.74 Å². The van der Waals surface area contributed by atoms with Gasteiger partial charge in [0, 0.05) is 22.1 Å². The summed E-state index contributed by atoms with van der Waals surface area (Å²) in [4.78, 5) is 21.4. The number of carbonyl (C=O) groups is 2. The van der Waals surface area contributed by atoms with E-state index in [4.69, 9.17) is 11.6 Å². The lowest BCUT2D eigenvalue weighted by atomic mass is 10.1. The molecule has 1 aromatic carbocycles. The Kier molecular flexibility index (Phi) is 3.90. The van der Waals surface area contributed by atoms with Crippen LogP contribution in [0.15, 0.2) is 18.2 Å². The molecule has 4 heteroatoms. The molecule has 0 atom stereocenters. The predicted octanol–water partition coefficient (Wildman–Crippen LogP) is 1.68. The van der Waals surface area contributed by atoms with Gasteiger partial charge in [-0.1, -0.05) is 17.5 Å². The maximum absolute atomic E-state index is 10.7. The van der Waals surface area contributed by atoms with Crippen molar-refractivity contribution in [1.82, 2.24) is 0 Å². The second-order valence-electron chi connectivity index (χ2n) is 2.59. The summed E-state index contributed by atoms with van der Waals surface area (Å²) in [6.45, 7) is 0. The number of rotatable bonds is 1. The van der Waals surface area contributed by atoms with Crippen molar-refractivity contribution in [3.8, 4) is 11.8 Å². The average Bonchev–Trinajstić information content (AvgIpc) is 2.26. The summed E-state index contributed by atoms with van der Waals surface area (Å²) >= 11 is 5.69. The Morgan fingerprint density at radius 2 is 2.27 bits per heavy atom. The Morgan fingerprint density at radius 1 is 1.53 bits per heavy atom. The number of hydrogen-bond acceptors (Lipinski definition) is 3. The number of aldehydes is 1. The topological polar surface area (TPSA) is 43.4 Å². The van der Waals surface area contributed by atoms with E-state index < -0.39 is 5.97 Å². The number of benzene rings is 1. The molecular formula is C11H7ClO3. The Balaban J connectivity index is 3.08. The third-order valence-corrected chi connectivity index (χ3v) is 1.86. The van der Waals surface area contributed by atoms with Crippen LogP contribution < -0.4 is 0 Å². The number of esters is 1. The summed E-state index contributed by atoms with van der Waals surface area (Å²) in [6, 6.07) is 4.65. The van der Waals surface area contributed by atoms with E-state index in [1.54, 1.807) is 12.1 Å². The normalized spacial score (nSPS) is 8.67. The van der Waals surface area contributed by atoms with Gasteiger partial charge in [0.2, 0.25) is 0 Å². The Bertz CT molecular complexity index is 455. The Labute approximate surface area is 92.0 Å². The standard InChI is InChI=1S/C11H7ClO3/c1-15-11(14)5-3-8-2-4-10(12)6-9(8)7-13/h2,4,6-7H,1H3. The fourth-order valence-electron chi connectivity index (χ4n) is 0.914. The van der Waals surface area contributed by atoms with E-state index in [-0.39, 0.29) is 0 Å². The molecule has 0 saturated carbocycles. The van der Waals surface area contributed by atoms with E-state index in [9.17, 15) is 9.59 Å². The maximum Gasteiger partial charge on any atom is 0.384 e. The van der Waals surface area contributed by atoms with Gasteiger partial charge in [-0.2, -0.15) is 0 Å². The van der Waals surface area contributed by atoms with E-state index >= 15 is 0 Å². The third kappa shape index (κ3) is 3.12. The van der Waals surface area contributed by atoms with Crippen LogP contribution in [0, 0.1) is 11.8 Å². The summed E-state index contributed by atoms with van der Waals surface area (Å²) in [5, 5.41) is 0.445. The molecule has 76 valence electrons. The lowest BCUT2D eigenvalue weighted by molar-refractivity contribution is -0.133. The third-order valence-electron chi connectivity index (χ3n) is 1.63. The summed E-state index contributed by atoms with van der Waals surface area (Å²) in [7, 11) is 1.24. The number of carbonyl (C=O) groups excluding carboxylic acids is 2. The maximum atomic E-state index is 10.7. The van der Waals surface area contributed by atoms with Gasteiger partial charge in [0.05, 0.1) is 7.11 Å². The van der Waals surface area contributed by atoms with Crippen molar-refractivity contribution in [3.63, 3.8) is 0 Å². The van der Waals surface area contributed by atoms with Gasteiger partial charge in [-0.3, -0.25) is 4.79 Å². The summed E-state index contributed by atoms with van der Waals surface area (Å²) in [5.74, 6) is 4.11. The van der Waals surface area contributed by atoms with Crippen LogP contribution in [0.4, 0.5) is 0 Å². The van der Waals surface area contributed by atoms with E-state index in [2.05, 4.69) is 16.6 Å². The monoisotopic (exact) mass is 222 g/mol. The highest BCUT2D eigenvalue weighted by molar-refractivity contribution is 6.30. The number of hydrogen-bond donors (Lipinski definition) is 0. The number of halogens is 1. The molecule has 0 aliphatic carbocycles. The molecule has 0 unspecified atom stereocenters. The Hall–Kier alpha value is -1.79. The molecular weight excluding hydrogens is 216 g/mol. The van der Waals surface area contributed by atoms with Crippen molar-refractivity contribution in [3.05, 3.63) is 34.3 Å². The molecule has 0 aliphatic rings. The van der Waals surface area contributed by atoms with Gasteiger partial charge >= 0.3 is 5.97 Å². The van der Waals surface area contributed by atoms with Crippen LogP contribution in [0.25, 0.3) is 0 Å². The SMILES string of the molecule is COC(=O)C#Cc1ccc(Cl)cc1C=O. The first-order valence-electron chi connectivity index (χ1n) is 4.02. The van der Waals surface area contributed by atoms with E-state index in [0.29, 0.717) is 22.4 Å². The first-order valence-corrected chi connectivity index (χ1v) is 4.40. The first-order chi connectivity index (χ1) is 7.17. The first kappa shape index (κ1) is 11.3. The highest BCUT2D eigenvalue weighted by atomic mass is 35.5. The largest absolute Gasteiger partial charge is 0.459 e. The average molecular weight is 223 g/mol. The lowest BCUT2D eigenvalue weighted by Gasteiger charge is -1.96. The van der Waals surface area contributed by atoms with Crippen molar-refractivity contribution in [2.24, 2.45) is 0 Å². The lowest BCUT2D eigenvalue weighted by Crippen LogP contribution is -1.95. The second-order valence-corrected chi connectivity index (χ2v) is 3.03. The van der Waals surface area contributed by atoms with Gasteiger partial charge in [0.1, 0.15) is 0 Å². The van der Waals surface area contributed by atoms with Gasteiger partial charge in [-0.05, 0) is 18.2 Å². The zero-order valence-electron chi connectivity index (χ0n) is 7.91. The van der Waals surface area contributed by atoms with Crippen LogP contribution in [0.5, 0.6) is 0 Å². The molecule has 0 bridgehead atoms. The molecule has 1 rings (SSSR count). The van der Waals surface area contributed by atoms with E-state index in [1.165, 1.54) is 13.2 Å². The van der Waals surface area contributed by atoms with Gasteiger partial charge in [0.25, 0.3) is 0 Å². The summed E-state index contributed by atoms with van der Waals surface area (Å²) < 4.78 is 4.34. The predicted molar refractivity (Wildman–Crippen MR) is 55.7 cm³/mol. The molecule has 1 aromatic rings. The molecule has 3 nitrogen and oxygen atoms in total. The zero-order valence-corrected chi connectivity index (χ0v) is 8.67. The van der Waals surface area contributed by atoms with Crippen molar-refractivity contribution >= 4 is 23.9 Å². The van der Waals surface area contributed by atoms with Gasteiger partial charge in [-0.25, -0.2) is 4.79 Å². The minimum Gasteiger partial charge on any atom is -0.459 e. The van der Waals surface area contributed by atoms with Crippen molar-refractivity contribution < 1.29 is 14.3 Å². The Morgan fingerprint density at radius 3 is 2.87 bits per heavy atom. The minimum absolute atomic E-state index is 0.346. The molecule has 0 spiro atoms. The smallest absolute Gasteiger partial charge is 0.384 e. The van der Waals surface area contributed by atoms with Crippen molar-refractivity contribution in [2.75, 3.05) is 7.11 Å². The molecule has 0 heterocycles. The van der Waals surface area contributed by atoms with Crippen LogP contribution >= 0.6 is 11.6 Å². The van der Waals surface area contributed by atoms with Crippen LogP contribution in [0.3, 0.4) is 0 Å². The number of methoxy groups -OCH3 is 1. The fraction of sp³-hybridized carbons (Fsp3) is 0.0909. The molecule has 0 saturated heterocycles. The highest BCUT2D eigenvalue weighted by Crippen LogP contribution is 2.13. The molecule has 0 aliphatic heterocycles. The van der Waals surface area contributed by atoms with E-state index in [1.807, 2.05) is 0 Å². The molecule has 0 amide bonds. The molecule has 0 radical (unpaired) electrons. The van der Waals surface area contributed by atoms with Crippen LogP contribution in [-0.4, -0.2) is 19.4 Å². The number of ether oxygens (including phenoxy) is 1. The fourth-order valence-corrected chi connectivity index (χ4v) is 1.09. The van der Waals surface area contributed by atoms with Crippen molar-refractivity contribution in [2.45, 2.75) is 0 Å². The summed E-state index contributed by atoms with van der Waals surface area (Å²) in [6.07, 6.45) is 0.632.